The predicted molar refractivity (Wildman–Crippen MR) is 90.0 cm³/mol. The van der Waals surface area contributed by atoms with Gasteiger partial charge in [0.1, 0.15) is 6.10 Å². The molecule has 1 atom stereocenters. The smallest absolute Gasteiger partial charge is 0.159 e. The molecule has 0 aliphatic carbocycles. The molecule has 3 heterocycles. The van der Waals surface area contributed by atoms with Crippen LogP contribution >= 0.6 is 0 Å². The molecule has 8 heteroatoms. The topological polar surface area (TPSA) is 59.1 Å². The summed E-state index contributed by atoms with van der Waals surface area (Å²) >= 11 is 0. The summed E-state index contributed by atoms with van der Waals surface area (Å²) in [6.07, 6.45) is 0.804. The highest BCUT2D eigenvalue weighted by Crippen LogP contribution is 2.24. The second-order valence-electron chi connectivity index (χ2n) is 6.53. The first kappa shape index (κ1) is 16.9. The Morgan fingerprint density at radius 2 is 2.00 bits per heavy atom. The zero-order chi connectivity index (χ0) is 18.3. The molecule has 0 spiro atoms. The van der Waals surface area contributed by atoms with Crippen molar-refractivity contribution in [2.75, 3.05) is 6.54 Å². The lowest BCUT2D eigenvalue weighted by Crippen LogP contribution is -2.33. The van der Waals surface area contributed by atoms with Gasteiger partial charge in [0.2, 0.25) is 0 Å². The Hall–Kier alpha value is -2.58. The molecular weight excluding hydrogens is 340 g/mol. The maximum Gasteiger partial charge on any atom is 0.159 e. The van der Waals surface area contributed by atoms with Crippen molar-refractivity contribution in [1.29, 1.82) is 0 Å². The van der Waals surface area contributed by atoms with Gasteiger partial charge in [-0.25, -0.2) is 8.78 Å². The molecule has 0 saturated carbocycles. The normalized spacial score (nSPS) is 15.8. The Labute approximate surface area is 149 Å². The average molecular weight is 359 g/mol. The summed E-state index contributed by atoms with van der Waals surface area (Å²) < 4.78 is 30.0. The summed E-state index contributed by atoms with van der Waals surface area (Å²) in [7, 11) is 1.78. The number of hydrogen-bond donors (Lipinski definition) is 1. The number of aryl methyl sites for hydroxylation is 1. The SMILES string of the molecule is Cn1nccc1[C@H](O)c1cc2n(n1)CCN(Cc1ccc(F)c(F)c1)C2. The van der Waals surface area contributed by atoms with Crippen LogP contribution in [-0.2, 0) is 26.7 Å². The first-order valence-corrected chi connectivity index (χ1v) is 8.40. The van der Waals surface area contributed by atoms with Crippen molar-refractivity contribution >= 4 is 0 Å². The van der Waals surface area contributed by atoms with Crippen LogP contribution < -0.4 is 0 Å². The van der Waals surface area contributed by atoms with E-state index < -0.39 is 17.7 Å². The van der Waals surface area contributed by atoms with Crippen LogP contribution in [0.25, 0.3) is 0 Å². The quantitative estimate of drug-likeness (QED) is 0.774. The molecule has 26 heavy (non-hydrogen) atoms. The van der Waals surface area contributed by atoms with Gasteiger partial charge in [-0.15, -0.1) is 0 Å². The van der Waals surface area contributed by atoms with Gasteiger partial charge in [-0.3, -0.25) is 14.3 Å². The second-order valence-corrected chi connectivity index (χ2v) is 6.53. The van der Waals surface area contributed by atoms with E-state index in [9.17, 15) is 13.9 Å². The van der Waals surface area contributed by atoms with Crippen molar-refractivity contribution in [3.8, 4) is 0 Å². The highest BCUT2D eigenvalue weighted by Gasteiger charge is 2.23. The van der Waals surface area contributed by atoms with E-state index in [1.807, 2.05) is 10.7 Å². The molecule has 0 amide bonds. The minimum Gasteiger partial charge on any atom is -0.380 e. The predicted octanol–water partition coefficient (Wildman–Crippen LogP) is 1.99. The van der Waals surface area contributed by atoms with Crippen molar-refractivity contribution in [3.63, 3.8) is 0 Å². The van der Waals surface area contributed by atoms with Crippen molar-refractivity contribution < 1.29 is 13.9 Å². The van der Waals surface area contributed by atoms with Crippen LogP contribution in [0.5, 0.6) is 0 Å². The fraction of sp³-hybridized carbons (Fsp3) is 0.333. The number of hydrogen-bond acceptors (Lipinski definition) is 4. The Morgan fingerprint density at radius 1 is 1.15 bits per heavy atom. The highest BCUT2D eigenvalue weighted by molar-refractivity contribution is 5.22. The fourth-order valence-electron chi connectivity index (χ4n) is 3.31. The number of halogens is 2. The lowest BCUT2D eigenvalue weighted by molar-refractivity contribution is 0.196. The van der Waals surface area contributed by atoms with Gasteiger partial charge in [0.05, 0.1) is 23.6 Å². The number of nitrogens with zero attached hydrogens (tertiary/aromatic N) is 5. The fourth-order valence-corrected chi connectivity index (χ4v) is 3.31. The Balaban J connectivity index is 1.49. The van der Waals surface area contributed by atoms with Crippen molar-refractivity contribution in [2.24, 2.45) is 7.05 Å². The van der Waals surface area contributed by atoms with Crippen molar-refractivity contribution in [3.05, 3.63) is 70.8 Å². The summed E-state index contributed by atoms with van der Waals surface area (Å²) in [5.74, 6) is -1.66. The molecule has 1 aliphatic heterocycles. The van der Waals surface area contributed by atoms with Crippen LogP contribution in [0.4, 0.5) is 8.78 Å². The average Bonchev–Trinajstić information content (AvgIpc) is 3.23. The Bertz CT molecular complexity index is 936. The van der Waals surface area contributed by atoms with E-state index in [-0.39, 0.29) is 0 Å². The van der Waals surface area contributed by atoms with Gasteiger partial charge in [-0.05, 0) is 29.8 Å². The monoisotopic (exact) mass is 359 g/mol. The lowest BCUT2D eigenvalue weighted by atomic mass is 10.1. The van der Waals surface area contributed by atoms with Crippen LogP contribution in [-0.4, -0.2) is 36.1 Å². The van der Waals surface area contributed by atoms with Crippen LogP contribution in [0.3, 0.4) is 0 Å². The summed E-state index contributed by atoms with van der Waals surface area (Å²) in [6.45, 7) is 2.58. The number of aliphatic hydroxyl groups is 1. The van der Waals surface area contributed by atoms with Gasteiger partial charge in [0.25, 0.3) is 0 Å². The van der Waals surface area contributed by atoms with Gasteiger partial charge >= 0.3 is 0 Å². The molecule has 6 nitrogen and oxygen atoms in total. The van der Waals surface area contributed by atoms with Crippen LogP contribution in [0, 0.1) is 11.6 Å². The van der Waals surface area contributed by atoms with E-state index in [4.69, 9.17) is 0 Å². The lowest BCUT2D eigenvalue weighted by Gasteiger charge is -2.27. The number of fused-ring (bicyclic) bond motifs is 1. The third-order valence-corrected chi connectivity index (χ3v) is 4.71. The Kier molecular flexibility index (Phi) is 4.29. The first-order valence-electron chi connectivity index (χ1n) is 8.40. The summed E-state index contributed by atoms with van der Waals surface area (Å²) in [5, 5.41) is 19.1. The van der Waals surface area contributed by atoms with E-state index in [1.165, 1.54) is 6.07 Å². The van der Waals surface area contributed by atoms with Gasteiger partial charge in [0, 0.05) is 32.9 Å². The molecule has 0 radical (unpaired) electrons. The minimum absolute atomic E-state index is 0.530. The molecule has 0 bridgehead atoms. The number of benzene rings is 1. The van der Waals surface area contributed by atoms with Crippen molar-refractivity contribution in [1.82, 2.24) is 24.5 Å². The molecule has 2 aromatic heterocycles. The van der Waals surface area contributed by atoms with Crippen molar-refractivity contribution in [2.45, 2.75) is 25.7 Å². The molecule has 0 fully saturated rings. The molecule has 1 aromatic carbocycles. The highest BCUT2D eigenvalue weighted by atomic mass is 19.2. The number of aromatic nitrogens is 4. The summed E-state index contributed by atoms with van der Waals surface area (Å²) in [4.78, 5) is 2.14. The molecule has 3 aromatic rings. The molecule has 1 N–H and O–H groups in total. The second kappa shape index (κ2) is 6.62. The van der Waals surface area contributed by atoms with E-state index in [1.54, 1.807) is 30.1 Å². The van der Waals surface area contributed by atoms with Gasteiger partial charge in [-0.2, -0.15) is 10.2 Å². The molecular formula is C18H19F2N5O. The number of aliphatic hydroxyl groups excluding tert-OH is 1. The maximum atomic E-state index is 13.4. The largest absolute Gasteiger partial charge is 0.380 e. The van der Waals surface area contributed by atoms with Gasteiger partial charge < -0.3 is 5.11 Å². The zero-order valence-electron chi connectivity index (χ0n) is 14.3. The van der Waals surface area contributed by atoms with Crippen LogP contribution in [0.15, 0.2) is 36.5 Å². The summed E-state index contributed by atoms with van der Waals surface area (Å²) in [6, 6.07) is 7.63. The molecule has 0 saturated heterocycles. The standard InChI is InChI=1S/C18H19F2N5O/c1-23-17(4-5-21-23)18(26)16-9-13-11-24(6-7-25(13)22-16)10-12-2-3-14(19)15(20)8-12/h2-5,8-9,18,26H,6-7,10-11H2,1H3/t18-/m1/s1. The van der Waals surface area contributed by atoms with Gasteiger partial charge in [-0.1, -0.05) is 6.07 Å². The van der Waals surface area contributed by atoms with E-state index >= 15 is 0 Å². The van der Waals surface area contributed by atoms with E-state index in [2.05, 4.69) is 15.1 Å². The minimum atomic E-state index is -0.834. The van der Waals surface area contributed by atoms with E-state index in [0.717, 1.165) is 23.9 Å². The van der Waals surface area contributed by atoms with E-state index in [0.29, 0.717) is 31.0 Å². The van der Waals surface area contributed by atoms with Crippen LogP contribution in [0.1, 0.15) is 28.7 Å². The zero-order valence-corrected chi connectivity index (χ0v) is 14.3. The molecule has 0 unspecified atom stereocenters. The molecule has 1 aliphatic rings. The van der Waals surface area contributed by atoms with Gasteiger partial charge in [0.15, 0.2) is 11.6 Å². The summed E-state index contributed by atoms with van der Waals surface area (Å²) in [5.41, 5.74) is 2.97. The third kappa shape index (κ3) is 3.13. The number of rotatable bonds is 4. The van der Waals surface area contributed by atoms with Crippen LogP contribution in [0.2, 0.25) is 0 Å². The first-order chi connectivity index (χ1) is 12.5. The molecule has 136 valence electrons. The third-order valence-electron chi connectivity index (χ3n) is 4.71. The molecule has 4 rings (SSSR count). The maximum absolute atomic E-state index is 13.4. The Morgan fingerprint density at radius 3 is 2.73 bits per heavy atom.